The molecule has 0 aliphatic carbocycles. The van der Waals surface area contributed by atoms with Crippen LogP contribution in [0.3, 0.4) is 0 Å². The summed E-state index contributed by atoms with van der Waals surface area (Å²) in [5.41, 5.74) is 0.247. The normalized spacial score (nSPS) is 17.6. The summed E-state index contributed by atoms with van der Waals surface area (Å²) in [5.74, 6) is 0.0180. The number of aliphatic hydroxyl groups is 1. The van der Waals surface area contributed by atoms with E-state index >= 15 is 0 Å². The average molecular weight is 287 g/mol. The summed E-state index contributed by atoms with van der Waals surface area (Å²) in [5, 5.41) is 9.97. The van der Waals surface area contributed by atoms with Crippen molar-refractivity contribution in [2.24, 2.45) is 0 Å². The molecule has 1 unspecified atom stereocenters. The van der Waals surface area contributed by atoms with E-state index in [-0.39, 0.29) is 5.56 Å². The summed E-state index contributed by atoms with van der Waals surface area (Å²) >= 11 is 3.17. The molecular weight excluding hydrogens is 275 g/mol. The number of ether oxygens (including phenoxy) is 1. The number of aliphatic hydroxyl groups excluding tert-OH is 1. The van der Waals surface area contributed by atoms with Crippen LogP contribution < -0.4 is 0 Å². The SMILES string of the molecule is OC(C1=CCCCO1)c1ccc(Br)cc1F. The van der Waals surface area contributed by atoms with Crippen LogP contribution in [0, 0.1) is 5.82 Å². The van der Waals surface area contributed by atoms with E-state index in [2.05, 4.69) is 15.9 Å². The summed E-state index contributed by atoms with van der Waals surface area (Å²) in [6, 6.07) is 4.59. The largest absolute Gasteiger partial charge is 0.495 e. The minimum atomic E-state index is -1.01. The molecule has 1 N–H and O–H groups in total. The van der Waals surface area contributed by atoms with Crippen molar-refractivity contribution in [3.05, 3.63) is 45.9 Å². The molecule has 0 saturated carbocycles. The third-order valence-corrected chi connectivity index (χ3v) is 2.98. The standard InChI is InChI=1S/C12H12BrFO2/c13-8-4-5-9(10(14)7-8)12(15)11-3-1-2-6-16-11/h3-5,7,12,15H,1-2,6H2. The topological polar surface area (TPSA) is 29.5 Å². The first-order chi connectivity index (χ1) is 7.68. The highest BCUT2D eigenvalue weighted by Gasteiger charge is 2.20. The van der Waals surface area contributed by atoms with Crippen molar-refractivity contribution in [3.63, 3.8) is 0 Å². The van der Waals surface area contributed by atoms with Crippen LogP contribution in [0.1, 0.15) is 24.5 Å². The van der Waals surface area contributed by atoms with E-state index in [4.69, 9.17) is 4.74 Å². The zero-order valence-electron chi connectivity index (χ0n) is 8.62. The van der Waals surface area contributed by atoms with Gasteiger partial charge in [0.25, 0.3) is 0 Å². The molecule has 0 saturated heterocycles. The van der Waals surface area contributed by atoms with Gasteiger partial charge in [-0.2, -0.15) is 0 Å². The van der Waals surface area contributed by atoms with E-state index in [1.165, 1.54) is 6.07 Å². The Hall–Kier alpha value is -0.870. The minimum absolute atomic E-state index is 0.247. The number of halogens is 2. The van der Waals surface area contributed by atoms with Crippen molar-refractivity contribution in [1.82, 2.24) is 0 Å². The van der Waals surface area contributed by atoms with Crippen LogP contribution in [-0.4, -0.2) is 11.7 Å². The maximum Gasteiger partial charge on any atom is 0.138 e. The molecule has 16 heavy (non-hydrogen) atoms. The highest BCUT2D eigenvalue weighted by Crippen LogP contribution is 2.28. The molecule has 1 aliphatic heterocycles. The number of hydrogen-bond acceptors (Lipinski definition) is 2. The molecule has 1 atom stereocenters. The lowest BCUT2D eigenvalue weighted by molar-refractivity contribution is 0.0897. The van der Waals surface area contributed by atoms with Gasteiger partial charge >= 0.3 is 0 Å². The van der Waals surface area contributed by atoms with Gasteiger partial charge in [0.2, 0.25) is 0 Å². The molecule has 0 spiro atoms. The van der Waals surface area contributed by atoms with Crippen LogP contribution in [0.15, 0.2) is 34.5 Å². The lowest BCUT2D eigenvalue weighted by atomic mass is 10.1. The predicted molar refractivity (Wildman–Crippen MR) is 62.3 cm³/mol. The van der Waals surface area contributed by atoms with Gasteiger partial charge in [0.15, 0.2) is 0 Å². The number of rotatable bonds is 2. The van der Waals surface area contributed by atoms with E-state index in [0.29, 0.717) is 16.8 Å². The summed E-state index contributed by atoms with van der Waals surface area (Å²) in [7, 11) is 0. The molecule has 1 aliphatic rings. The molecule has 1 heterocycles. The van der Waals surface area contributed by atoms with Crippen molar-refractivity contribution >= 4 is 15.9 Å². The van der Waals surface area contributed by atoms with Gasteiger partial charge in [0.1, 0.15) is 17.7 Å². The molecule has 2 rings (SSSR count). The van der Waals surface area contributed by atoms with Gasteiger partial charge in [-0.15, -0.1) is 0 Å². The zero-order chi connectivity index (χ0) is 11.5. The summed E-state index contributed by atoms with van der Waals surface area (Å²) in [6.07, 6.45) is 2.62. The highest BCUT2D eigenvalue weighted by atomic mass is 79.9. The first-order valence-electron chi connectivity index (χ1n) is 5.14. The molecule has 2 nitrogen and oxygen atoms in total. The smallest absolute Gasteiger partial charge is 0.138 e. The maximum absolute atomic E-state index is 13.6. The van der Waals surface area contributed by atoms with Gasteiger partial charge in [-0.1, -0.05) is 22.0 Å². The van der Waals surface area contributed by atoms with Crippen molar-refractivity contribution in [2.75, 3.05) is 6.61 Å². The summed E-state index contributed by atoms with van der Waals surface area (Å²) in [6.45, 7) is 0.584. The lowest BCUT2D eigenvalue weighted by Crippen LogP contribution is -2.11. The van der Waals surface area contributed by atoms with E-state index in [1.807, 2.05) is 6.08 Å². The second kappa shape index (κ2) is 4.97. The molecular formula is C12H12BrFO2. The Kier molecular flexibility index (Phi) is 3.61. The number of benzene rings is 1. The number of hydrogen-bond donors (Lipinski definition) is 1. The molecule has 0 aromatic heterocycles. The molecule has 1 aromatic carbocycles. The Morgan fingerprint density at radius 1 is 1.44 bits per heavy atom. The van der Waals surface area contributed by atoms with Crippen LogP contribution >= 0.6 is 15.9 Å². The Morgan fingerprint density at radius 2 is 2.25 bits per heavy atom. The Morgan fingerprint density at radius 3 is 2.88 bits per heavy atom. The third kappa shape index (κ3) is 2.44. The van der Waals surface area contributed by atoms with E-state index in [0.717, 1.165) is 12.8 Å². The van der Waals surface area contributed by atoms with Crippen LogP contribution in [0.25, 0.3) is 0 Å². The molecule has 4 heteroatoms. The van der Waals surface area contributed by atoms with Crippen molar-refractivity contribution in [2.45, 2.75) is 18.9 Å². The van der Waals surface area contributed by atoms with Gasteiger partial charge in [0.05, 0.1) is 6.61 Å². The van der Waals surface area contributed by atoms with E-state index in [1.54, 1.807) is 12.1 Å². The molecule has 0 amide bonds. The third-order valence-electron chi connectivity index (χ3n) is 2.49. The van der Waals surface area contributed by atoms with E-state index < -0.39 is 11.9 Å². The molecule has 1 aromatic rings. The maximum atomic E-state index is 13.6. The molecule has 86 valence electrons. The van der Waals surface area contributed by atoms with Crippen molar-refractivity contribution in [1.29, 1.82) is 0 Å². The molecule has 0 fully saturated rings. The monoisotopic (exact) mass is 286 g/mol. The lowest BCUT2D eigenvalue weighted by Gasteiger charge is -2.20. The Labute approximate surface area is 102 Å². The Bertz CT molecular complexity index is 417. The van der Waals surface area contributed by atoms with Crippen LogP contribution in [0.4, 0.5) is 4.39 Å². The van der Waals surface area contributed by atoms with E-state index in [9.17, 15) is 9.50 Å². The quantitative estimate of drug-likeness (QED) is 0.904. The summed E-state index contributed by atoms with van der Waals surface area (Å²) < 4.78 is 19.5. The first-order valence-corrected chi connectivity index (χ1v) is 5.93. The minimum Gasteiger partial charge on any atom is -0.495 e. The predicted octanol–water partition coefficient (Wildman–Crippen LogP) is 3.32. The summed E-state index contributed by atoms with van der Waals surface area (Å²) in [4.78, 5) is 0. The van der Waals surface area contributed by atoms with Gasteiger partial charge in [0, 0.05) is 10.0 Å². The average Bonchev–Trinajstić information content (AvgIpc) is 2.29. The van der Waals surface area contributed by atoms with Gasteiger partial charge in [-0.3, -0.25) is 0 Å². The van der Waals surface area contributed by atoms with Crippen LogP contribution in [-0.2, 0) is 4.74 Å². The van der Waals surface area contributed by atoms with Crippen molar-refractivity contribution in [3.8, 4) is 0 Å². The fourth-order valence-corrected chi connectivity index (χ4v) is 1.98. The fourth-order valence-electron chi connectivity index (χ4n) is 1.64. The molecule has 0 radical (unpaired) electrons. The van der Waals surface area contributed by atoms with Gasteiger partial charge < -0.3 is 9.84 Å². The Balaban J connectivity index is 2.26. The second-order valence-electron chi connectivity index (χ2n) is 3.67. The van der Waals surface area contributed by atoms with Gasteiger partial charge in [-0.05, 0) is 31.1 Å². The zero-order valence-corrected chi connectivity index (χ0v) is 10.2. The fraction of sp³-hybridized carbons (Fsp3) is 0.333. The second-order valence-corrected chi connectivity index (χ2v) is 4.58. The van der Waals surface area contributed by atoms with Crippen LogP contribution in [0.5, 0.6) is 0 Å². The number of allylic oxidation sites excluding steroid dienone is 1. The highest BCUT2D eigenvalue weighted by molar-refractivity contribution is 9.10. The first kappa shape index (κ1) is 11.6. The molecule has 0 bridgehead atoms. The van der Waals surface area contributed by atoms with Gasteiger partial charge in [-0.25, -0.2) is 4.39 Å². The van der Waals surface area contributed by atoms with Crippen molar-refractivity contribution < 1.29 is 14.2 Å². The van der Waals surface area contributed by atoms with Crippen LogP contribution in [0.2, 0.25) is 0 Å².